The third-order valence-corrected chi connectivity index (χ3v) is 11.8. The Balaban J connectivity index is 4.20. The summed E-state index contributed by atoms with van der Waals surface area (Å²) in [6.45, 7) is 4.66. The number of hydrogen-bond acceptors (Lipinski definition) is 6. The van der Waals surface area contributed by atoms with E-state index in [2.05, 4.69) is 50.3 Å². The number of likely N-dealkylation sites (N-methyl/N-ethyl adjacent to an activating group) is 1. The molecular formula is C54H100NO7+. The van der Waals surface area contributed by atoms with Crippen LogP contribution in [-0.4, -0.2) is 80.6 Å². The zero-order valence-electron chi connectivity index (χ0n) is 41.3. The zero-order valence-corrected chi connectivity index (χ0v) is 41.3. The standard InChI is InChI=1S/C54H99NO7/c1-6-8-10-12-14-16-18-20-22-24-25-26-27-29-30-32-34-36-38-40-42-44-52(56)61-49-50(48-60-47-46-51(54(58)59)55(3,4)5)62-53(57)45-43-41-39-37-35-33-31-28-23-21-19-17-15-13-11-9-7-2/h8,10,14,16,20,22,50-51H,6-7,9,11-13,15,17-19,21,23-49H2,1-5H3/p+1/b10-8+,16-14+,22-20+. The molecule has 0 saturated carbocycles. The lowest BCUT2D eigenvalue weighted by atomic mass is 10.0. The van der Waals surface area contributed by atoms with Gasteiger partial charge in [-0.3, -0.25) is 9.59 Å². The number of nitrogens with zero attached hydrogens (tertiary/aromatic N) is 1. The molecule has 0 aromatic carbocycles. The van der Waals surface area contributed by atoms with Crippen LogP contribution in [0.25, 0.3) is 0 Å². The van der Waals surface area contributed by atoms with Crippen molar-refractivity contribution < 1.29 is 38.2 Å². The van der Waals surface area contributed by atoms with Gasteiger partial charge in [0.15, 0.2) is 12.1 Å². The summed E-state index contributed by atoms with van der Waals surface area (Å²) in [5.41, 5.74) is 0. The van der Waals surface area contributed by atoms with Gasteiger partial charge in [-0.15, -0.1) is 0 Å². The van der Waals surface area contributed by atoms with Crippen molar-refractivity contribution in [1.82, 2.24) is 0 Å². The molecule has 0 amide bonds. The molecule has 0 aromatic rings. The van der Waals surface area contributed by atoms with Crippen molar-refractivity contribution in [3.05, 3.63) is 36.5 Å². The maximum absolute atomic E-state index is 12.8. The summed E-state index contributed by atoms with van der Waals surface area (Å²) in [5, 5.41) is 9.65. The topological polar surface area (TPSA) is 99.1 Å². The van der Waals surface area contributed by atoms with E-state index >= 15 is 0 Å². The summed E-state index contributed by atoms with van der Waals surface area (Å²) in [6, 6.07) is -0.613. The average molecular weight is 875 g/mol. The molecule has 0 aromatic heterocycles. The third-order valence-electron chi connectivity index (χ3n) is 11.8. The molecule has 0 aliphatic carbocycles. The fraction of sp³-hybridized carbons (Fsp3) is 0.833. The first kappa shape index (κ1) is 59.5. The summed E-state index contributed by atoms with van der Waals surface area (Å²) in [5.74, 6) is -1.45. The second-order valence-corrected chi connectivity index (χ2v) is 18.8. The van der Waals surface area contributed by atoms with Crippen LogP contribution in [0.1, 0.15) is 239 Å². The summed E-state index contributed by atoms with van der Waals surface area (Å²) in [4.78, 5) is 37.2. The van der Waals surface area contributed by atoms with Crippen molar-refractivity contribution in [3.63, 3.8) is 0 Å². The van der Waals surface area contributed by atoms with Gasteiger partial charge in [0.2, 0.25) is 0 Å². The molecule has 362 valence electrons. The van der Waals surface area contributed by atoms with Gasteiger partial charge in [-0.05, 0) is 44.9 Å². The molecule has 0 rings (SSSR count). The molecule has 0 bridgehead atoms. The highest BCUT2D eigenvalue weighted by molar-refractivity contribution is 5.72. The van der Waals surface area contributed by atoms with Crippen LogP contribution in [0.5, 0.6) is 0 Å². The average Bonchev–Trinajstić information content (AvgIpc) is 3.23. The summed E-state index contributed by atoms with van der Waals surface area (Å²) in [7, 11) is 5.54. The largest absolute Gasteiger partial charge is 0.477 e. The number of carboxylic acids is 1. The highest BCUT2D eigenvalue weighted by Gasteiger charge is 2.31. The van der Waals surface area contributed by atoms with Gasteiger partial charge >= 0.3 is 17.9 Å². The molecule has 62 heavy (non-hydrogen) atoms. The van der Waals surface area contributed by atoms with E-state index in [-0.39, 0.29) is 36.2 Å². The van der Waals surface area contributed by atoms with Crippen molar-refractivity contribution in [3.8, 4) is 0 Å². The number of rotatable bonds is 47. The van der Waals surface area contributed by atoms with E-state index in [1.54, 1.807) is 0 Å². The van der Waals surface area contributed by atoms with E-state index in [1.807, 2.05) is 21.1 Å². The van der Waals surface area contributed by atoms with Gasteiger partial charge in [-0.1, -0.05) is 211 Å². The van der Waals surface area contributed by atoms with E-state index < -0.39 is 18.1 Å². The second-order valence-electron chi connectivity index (χ2n) is 18.8. The van der Waals surface area contributed by atoms with E-state index in [4.69, 9.17) is 14.2 Å². The highest BCUT2D eigenvalue weighted by atomic mass is 16.6. The molecule has 2 atom stereocenters. The van der Waals surface area contributed by atoms with Crippen LogP contribution in [-0.2, 0) is 28.6 Å². The highest BCUT2D eigenvalue weighted by Crippen LogP contribution is 2.16. The van der Waals surface area contributed by atoms with Gasteiger partial charge < -0.3 is 23.8 Å². The number of allylic oxidation sites excluding steroid dienone is 6. The number of quaternary nitrogens is 1. The lowest BCUT2D eigenvalue weighted by Crippen LogP contribution is -2.50. The molecular weight excluding hydrogens is 775 g/mol. The van der Waals surface area contributed by atoms with Crippen molar-refractivity contribution >= 4 is 17.9 Å². The normalized spacial score (nSPS) is 13.1. The number of ether oxygens (including phenoxy) is 3. The predicted molar refractivity (Wildman–Crippen MR) is 261 cm³/mol. The lowest BCUT2D eigenvalue weighted by molar-refractivity contribution is -0.887. The van der Waals surface area contributed by atoms with Crippen LogP contribution < -0.4 is 0 Å². The fourth-order valence-corrected chi connectivity index (χ4v) is 7.81. The van der Waals surface area contributed by atoms with E-state index in [0.29, 0.717) is 19.3 Å². The van der Waals surface area contributed by atoms with Gasteiger partial charge in [0, 0.05) is 19.3 Å². The monoisotopic (exact) mass is 875 g/mol. The smallest absolute Gasteiger partial charge is 0.362 e. The first-order valence-electron chi connectivity index (χ1n) is 26.0. The Morgan fingerprint density at radius 1 is 0.500 bits per heavy atom. The minimum atomic E-state index is -0.872. The number of unbranched alkanes of at least 4 members (excludes halogenated alkanes) is 27. The number of carbonyl (C=O) groups excluding carboxylic acids is 2. The van der Waals surface area contributed by atoms with Crippen molar-refractivity contribution in [2.45, 2.75) is 251 Å². The van der Waals surface area contributed by atoms with Crippen molar-refractivity contribution in [2.24, 2.45) is 0 Å². The van der Waals surface area contributed by atoms with Gasteiger partial charge in [0.05, 0.1) is 34.4 Å². The molecule has 8 nitrogen and oxygen atoms in total. The van der Waals surface area contributed by atoms with Crippen LogP contribution in [0.2, 0.25) is 0 Å². The van der Waals surface area contributed by atoms with Crippen LogP contribution in [0.15, 0.2) is 36.5 Å². The SMILES string of the molecule is CC/C=C/C/C=C/C/C=C/CCCCCCCCCCCCCC(=O)OCC(COCCC(C(=O)O)[N+](C)(C)C)OC(=O)CCCCCCCCCCCCCCCCCCC. The van der Waals surface area contributed by atoms with Gasteiger partial charge in [0.25, 0.3) is 0 Å². The Morgan fingerprint density at radius 2 is 0.903 bits per heavy atom. The van der Waals surface area contributed by atoms with Crippen molar-refractivity contribution in [2.75, 3.05) is 41.0 Å². The number of carbonyl (C=O) groups is 3. The molecule has 0 saturated heterocycles. The zero-order chi connectivity index (χ0) is 45.6. The molecule has 0 aliphatic rings. The third kappa shape index (κ3) is 42.8. The molecule has 0 aliphatic heterocycles. The number of carboxylic acid groups (broad SMARTS) is 1. The Hall–Kier alpha value is -2.45. The molecule has 1 N–H and O–H groups in total. The Kier molecular flexibility index (Phi) is 43.3. The maximum atomic E-state index is 12.8. The predicted octanol–water partition coefficient (Wildman–Crippen LogP) is 15.0. The Bertz CT molecular complexity index is 1110. The molecule has 0 radical (unpaired) electrons. The van der Waals surface area contributed by atoms with Crippen LogP contribution in [0.3, 0.4) is 0 Å². The summed E-state index contributed by atoms with van der Waals surface area (Å²) < 4.78 is 17.4. The van der Waals surface area contributed by atoms with Crippen LogP contribution in [0.4, 0.5) is 0 Å². The van der Waals surface area contributed by atoms with E-state index in [1.165, 1.54) is 148 Å². The molecule has 0 heterocycles. The van der Waals surface area contributed by atoms with Gasteiger partial charge in [-0.2, -0.15) is 0 Å². The lowest BCUT2D eigenvalue weighted by Gasteiger charge is -2.31. The van der Waals surface area contributed by atoms with Gasteiger partial charge in [0.1, 0.15) is 6.61 Å². The minimum absolute atomic E-state index is 0.0486. The Labute approximate surface area is 383 Å². The summed E-state index contributed by atoms with van der Waals surface area (Å²) >= 11 is 0. The van der Waals surface area contributed by atoms with Crippen molar-refractivity contribution in [1.29, 1.82) is 0 Å². The second kappa shape index (κ2) is 45.1. The van der Waals surface area contributed by atoms with Crippen LogP contribution in [0, 0.1) is 0 Å². The summed E-state index contributed by atoms with van der Waals surface area (Å²) in [6.07, 6.45) is 53.3. The minimum Gasteiger partial charge on any atom is -0.477 e. The van der Waals surface area contributed by atoms with Crippen LogP contribution >= 0.6 is 0 Å². The fourth-order valence-electron chi connectivity index (χ4n) is 7.81. The molecule has 8 heteroatoms. The van der Waals surface area contributed by atoms with E-state index in [0.717, 1.165) is 57.8 Å². The maximum Gasteiger partial charge on any atom is 0.362 e. The Morgan fingerprint density at radius 3 is 1.34 bits per heavy atom. The van der Waals surface area contributed by atoms with Gasteiger partial charge in [-0.25, -0.2) is 4.79 Å². The van der Waals surface area contributed by atoms with E-state index in [9.17, 15) is 19.5 Å². The molecule has 2 unspecified atom stereocenters. The first-order chi connectivity index (χ1) is 30.1. The molecule has 0 spiro atoms. The first-order valence-corrected chi connectivity index (χ1v) is 26.0. The quantitative estimate of drug-likeness (QED) is 0.0281. The molecule has 0 fully saturated rings. The number of hydrogen-bond donors (Lipinski definition) is 1. The number of esters is 2. The number of aliphatic carboxylic acids is 1.